The van der Waals surface area contributed by atoms with Gasteiger partial charge in [-0.3, -0.25) is 0 Å². The van der Waals surface area contributed by atoms with Gasteiger partial charge in [-0.1, -0.05) is 31.2 Å². The molecule has 2 aromatic rings. The molecule has 0 fully saturated rings. The van der Waals surface area contributed by atoms with Crippen molar-refractivity contribution in [3.05, 3.63) is 59.2 Å². The molecule has 0 saturated heterocycles. The third kappa shape index (κ3) is 2.84. The van der Waals surface area contributed by atoms with Gasteiger partial charge in [0.2, 0.25) is 0 Å². The number of rotatable bonds is 0. The van der Waals surface area contributed by atoms with Gasteiger partial charge in [-0.25, -0.2) is 0 Å². The van der Waals surface area contributed by atoms with Crippen molar-refractivity contribution in [2.45, 2.75) is 13.3 Å². The monoisotopic (exact) mass is 339 g/mol. The minimum absolute atomic E-state index is 0. The average Bonchev–Trinajstić information content (AvgIpc) is 2.59. The van der Waals surface area contributed by atoms with Crippen LogP contribution in [-0.2, 0) is 32.6 Å². The van der Waals surface area contributed by atoms with E-state index in [-0.39, 0.29) is 51.0 Å². The van der Waals surface area contributed by atoms with E-state index >= 15 is 0 Å². The van der Waals surface area contributed by atoms with E-state index in [9.17, 15) is 0 Å². The van der Waals surface area contributed by atoms with Gasteiger partial charge in [-0.05, 0) is 17.5 Å². The second kappa shape index (κ2) is 6.73. The first-order valence-electron chi connectivity index (χ1n) is 4.95. The summed E-state index contributed by atoms with van der Waals surface area (Å²) in [5.74, 6) is 0. The molecular formula is C14H11Cl2Zr. The van der Waals surface area contributed by atoms with Crippen molar-refractivity contribution in [3.8, 4) is 11.1 Å². The molecule has 0 saturated carbocycles. The number of hydrogen-bond donors (Lipinski definition) is 0. The fourth-order valence-electron chi connectivity index (χ4n) is 2.25. The van der Waals surface area contributed by atoms with Gasteiger partial charge in [-0.2, -0.15) is 23.8 Å². The molecule has 2 aromatic carbocycles. The molecule has 0 amide bonds. The average molecular weight is 341 g/mol. The Morgan fingerprint density at radius 2 is 1.71 bits per heavy atom. The smallest absolute Gasteiger partial charge is 1.00 e. The summed E-state index contributed by atoms with van der Waals surface area (Å²) in [6.07, 6.45) is 1.08. The van der Waals surface area contributed by atoms with Crippen molar-refractivity contribution >= 4 is 0 Å². The van der Waals surface area contributed by atoms with E-state index in [1.54, 1.807) is 0 Å². The van der Waals surface area contributed by atoms with Gasteiger partial charge in [0, 0.05) is 0 Å². The van der Waals surface area contributed by atoms with E-state index in [0.29, 0.717) is 0 Å². The second-order valence-corrected chi connectivity index (χ2v) is 3.83. The Morgan fingerprint density at radius 1 is 1.00 bits per heavy atom. The molecule has 0 aliphatic heterocycles. The standard InChI is InChI=1S/C14H11.2ClH.Zr/c1-10-5-4-8-13-12-7-3-2-6-11(12)9-14(10)13;;;/h2-4,6-8H,9H2,1H3;2*1H;/q-1;;;+3/p-2. The Bertz CT molecular complexity index is 509. The van der Waals surface area contributed by atoms with Crippen LogP contribution >= 0.6 is 0 Å². The Kier molecular flexibility index (Phi) is 6.70. The zero-order chi connectivity index (χ0) is 9.54. The van der Waals surface area contributed by atoms with E-state index < -0.39 is 0 Å². The predicted octanol–water partition coefficient (Wildman–Crippen LogP) is -2.63. The Morgan fingerprint density at radius 3 is 2.47 bits per heavy atom. The zero-order valence-corrected chi connectivity index (χ0v) is 13.4. The van der Waals surface area contributed by atoms with Gasteiger partial charge in [0.25, 0.3) is 0 Å². The summed E-state index contributed by atoms with van der Waals surface area (Å²) < 4.78 is 0. The molecule has 1 aliphatic rings. The Balaban J connectivity index is 0.000000853. The summed E-state index contributed by atoms with van der Waals surface area (Å²) in [6.45, 7) is 2.14. The van der Waals surface area contributed by atoms with Gasteiger partial charge in [0.1, 0.15) is 0 Å². The van der Waals surface area contributed by atoms with Gasteiger partial charge in [-0.15, -0.1) is 11.1 Å². The molecule has 0 bridgehead atoms. The summed E-state index contributed by atoms with van der Waals surface area (Å²) in [5, 5.41) is 0. The van der Waals surface area contributed by atoms with Crippen LogP contribution in [0.25, 0.3) is 11.1 Å². The fraction of sp³-hybridized carbons (Fsp3) is 0.143. The maximum atomic E-state index is 3.27. The molecule has 0 unspecified atom stereocenters. The van der Waals surface area contributed by atoms with Crippen molar-refractivity contribution in [2.75, 3.05) is 0 Å². The van der Waals surface area contributed by atoms with Gasteiger partial charge >= 0.3 is 26.2 Å². The third-order valence-electron chi connectivity index (χ3n) is 3.00. The van der Waals surface area contributed by atoms with Crippen LogP contribution in [0.15, 0.2) is 36.4 Å². The molecule has 3 rings (SSSR count). The number of aryl methyl sites for hydroxylation is 1. The molecule has 0 spiro atoms. The summed E-state index contributed by atoms with van der Waals surface area (Å²) in [6, 6.07) is 16.1. The van der Waals surface area contributed by atoms with Crippen LogP contribution in [-0.4, -0.2) is 0 Å². The van der Waals surface area contributed by atoms with E-state index in [1.807, 2.05) is 6.07 Å². The van der Waals surface area contributed by atoms with Crippen molar-refractivity contribution in [1.29, 1.82) is 0 Å². The summed E-state index contributed by atoms with van der Waals surface area (Å²) in [4.78, 5) is 0. The Hall–Kier alpha value is -0.0969. The van der Waals surface area contributed by atoms with Crippen molar-refractivity contribution in [3.63, 3.8) is 0 Å². The summed E-state index contributed by atoms with van der Waals surface area (Å²) in [7, 11) is 0. The second-order valence-electron chi connectivity index (χ2n) is 3.83. The number of fused-ring (bicyclic) bond motifs is 3. The van der Waals surface area contributed by atoms with Gasteiger partial charge in [0.15, 0.2) is 0 Å². The van der Waals surface area contributed by atoms with E-state index in [2.05, 4.69) is 43.3 Å². The molecule has 3 heteroatoms. The maximum absolute atomic E-state index is 3.27. The molecule has 0 N–H and O–H groups in total. The third-order valence-corrected chi connectivity index (χ3v) is 3.00. The maximum Gasteiger partial charge on any atom is 3.00 e. The first-order chi connectivity index (χ1) is 6.86. The van der Waals surface area contributed by atoms with Gasteiger partial charge < -0.3 is 24.8 Å². The molecule has 0 heterocycles. The predicted molar refractivity (Wildman–Crippen MR) is 58.3 cm³/mol. The summed E-state index contributed by atoms with van der Waals surface area (Å²) in [5.41, 5.74) is 6.99. The van der Waals surface area contributed by atoms with E-state index in [4.69, 9.17) is 0 Å². The zero-order valence-electron chi connectivity index (χ0n) is 9.43. The van der Waals surface area contributed by atoms with E-state index in [0.717, 1.165) is 6.42 Å². The first kappa shape index (κ1) is 16.9. The molecule has 85 valence electrons. The fourth-order valence-corrected chi connectivity index (χ4v) is 2.25. The topological polar surface area (TPSA) is 0 Å². The molecule has 1 radical (unpaired) electrons. The molecule has 1 aliphatic carbocycles. The Labute approximate surface area is 134 Å². The van der Waals surface area contributed by atoms with Crippen LogP contribution < -0.4 is 24.8 Å². The van der Waals surface area contributed by atoms with Crippen LogP contribution in [0.2, 0.25) is 0 Å². The SMILES string of the molecule is Cc1[c-]ccc2c1Cc1ccccc1-2.[Cl-].[Cl-].[Zr+3]. The van der Waals surface area contributed by atoms with E-state index in [1.165, 1.54) is 27.8 Å². The molecule has 0 atom stereocenters. The van der Waals surface area contributed by atoms with Crippen LogP contribution in [0.4, 0.5) is 0 Å². The molecular weight excluding hydrogens is 330 g/mol. The normalized spacial score (nSPS) is 10.2. The van der Waals surface area contributed by atoms with Crippen LogP contribution in [0.1, 0.15) is 16.7 Å². The minimum atomic E-state index is 0. The largest absolute Gasteiger partial charge is 3.00 e. The molecule has 17 heavy (non-hydrogen) atoms. The van der Waals surface area contributed by atoms with Crippen LogP contribution in [0.3, 0.4) is 0 Å². The molecule has 0 aromatic heterocycles. The number of benzene rings is 2. The first-order valence-corrected chi connectivity index (χ1v) is 4.95. The quantitative estimate of drug-likeness (QED) is 0.393. The minimum Gasteiger partial charge on any atom is -1.00 e. The molecule has 0 nitrogen and oxygen atoms in total. The van der Waals surface area contributed by atoms with Crippen molar-refractivity contribution in [1.82, 2.24) is 0 Å². The van der Waals surface area contributed by atoms with Crippen molar-refractivity contribution in [2.24, 2.45) is 0 Å². The van der Waals surface area contributed by atoms with Crippen LogP contribution in [0.5, 0.6) is 0 Å². The number of hydrogen-bond acceptors (Lipinski definition) is 0. The summed E-state index contributed by atoms with van der Waals surface area (Å²) >= 11 is 0. The number of halogens is 2. The van der Waals surface area contributed by atoms with Gasteiger partial charge in [0.05, 0.1) is 0 Å². The van der Waals surface area contributed by atoms with Crippen molar-refractivity contribution < 1.29 is 51.0 Å². The van der Waals surface area contributed by atoms with Crippen LogP contribution in [0, 0.1) is 13.0 Å².